The molecule has 0 aromatic heterocycles. The maximum atomic E-state index is 12.4. The Morgan fingerprint density at radius 3 is 2.42 bits per heavy atom. The number of hydrogen-bond acceptors (Lipinski definition) is 3. The van der Waals surface area contributed by atoms with Crippen LogP contribution in [-0.2, 0) is 4.74 Å². The Morgan fingerprint density at radius 2 is 1.95 bits per heavy atom. The number of nitrogens with zero attached hydrogens (tertiary/aromatic N) is 2. The van der Waals surface area contributed by atoms with Gasteiger partial charge in [0.1, 0.15) is 5.60 Å². The van der Waals surface area contributed by atoms with E-state index in [1.807, 2.05) is 20.8 Å². The lowest BCUT2D eigenvalue weighted by atomic mass is 10.1. The first-order chi connectivity index (χ1) is 8.72. The van der Waals surface area contributed by atoms with Crippen LogP contribution in [0.15, 0.2) is 0 Å². The fourth-order valence-corrected chi connectivity index (χ4v) is 2.58. The van der Waals surface area contributed by atoms with Crippen LogP contribution < -0.4 is 0 Å². The van der Waals surface area contributed by atoms with Gasteiger partial charge in [-0.2, -0.15) is 0 Å². The van der Waals surface area contributed by atoms with E-state index < -0.39 is 12.0 Å². The third-order valence-electron chi connectivity index (χ3n) is 3.57. The molecule has 4 nitrogen and oxygen atoms in total. The molecule has 0 aromatic rings. The third-order valence-corrected chi connectivity index (χ3v) is 3.57. The first kappa shape index (κ1) is 14.5. The largest absolute Gasteiger partial charge is 0.444 e. The smallest absolute Gasteiger partial charge is 0.410 e. The van der Waals surface area contributed by atoms with Crippen LogP contribution >= 0.6 is 0 Å². The average Bonchev–Trinajstić information content (AvgIpc) is 2.94. The SMILES string of the molecule is CC(C)(C)OC(=O)N1CCN(CC(F)F)CC12CC2. The second-order valence-corrected chi connectivity index (χ2v) is 6.48. The minimum Gasteiger partial charge on any atom is -0.444 e. The van der Waals surface area contributed by atoms with E-state index in [1.54, 1.807) is 9.80 Å². The molecule has 0 unspecified atom stereocenters. The Kier molecular flexibility index (Phi) is 3.73. The minimum absolute atomic E-state index is 0.204. The number of hydrogen-bond donors (Lipinski definition) is 0. The van der Waals surface area contributed by atoms with E-state index in [0.717, 1.165) is 12.8 Å². The molecule has 1 saturated heterocycles. The highest BCUT2D eigenvalue weighted by Crippen LogP contribution is 2.44. The lowest BCUT2D eigenvalue weighted by molar-refractivity contribution is -0.0157. The zero-order valence-electron chi connectivity index (χ0n) is 11.8. The second-order valence-electron chi connectivity index (χ2n) is 6.48. The van der Waals surface area contributed by atoms with E-state index in [1.165, 1.54) is 0 Å². The molecular formula is C13H22F2N2O2. The van der Waals surface area contributed by atoms with Crippen molar-refractivity contribution in [3.05, 3.63) is 0 Å². The average molecular weight is 276 g/mol. The predicted octanol–water partition coefficient (Wildman–Crippen LogP) is 2.34. The van der Waals surface area contributed by atoms with Crippen LogP contribution in [0.3, 0.4) is 0 Å². The molecule has 2 rings (SSSR count). The van der Waals surface area contributed by atoms with Crippen LogP contribution in [0.1, 0.15) is 33.6 Å². The fourth-order valence-electron chi connectivity index (χ4n) is 2.58. The summed E-state index contributed by atoms with van der Waals surface area (Å²) < 4.78 is 30.2. The van der Waals surface area contributed by atoms with Crippen LogP contribution in [0.4, 0.5) is 13.6 Å². The Morgan fingerprint density at radius 1 is 1.32 bits per heavy atom. The molecule has 110 valence electrons. The molecule has 1 amide bonds. The van der Waals surface area contributed by atoms with Gasteiger partial charge in [0.25, 0.3) is 6.43 Å². The number of piperazine rings is 1. The normalized spacial score (nSPS) is 22.9. The first-order valence-electron chi connectivity index (χ1n) is 6.73. The summed E-state index contributed by atoms with van der Waals surface area (Å²) in [6, 6.07) is 0. The lowest BCUT2D eigenvalue weighted by Crippen LogP contribution is -2.58. The van der Waals surface area contributed by atoms with Gasteiger partial charge in [-0.3, -0.25) is 9.80 Å². The predicted molar refractivity (Wildman–Crippen MR) is 67.3 cm³/mol. The first-order valence-corrected chi connectivity index (χ1v) is 6.73. The van der Waals surface area contributed by atoms with Crippen molar-refractivity contribution >= 4 is 6.09 Å². The molecular weight excluding hydrogens is 254 g/mol. The number of alkyl halides is 2. The summed E-state index contributed by atoms with van der Waals surface area (Å²) in [6.07, 6.45) is -0.872. The summed E-state index contributed by atoms with van der Waals surface area (Å²) in [6.45, 7) is 6.79. The Hall–Kier alpha value is -0.910. The number of halogens is 2. The minimum atomic E-state index is -2.32. The summed E-state index contributed by atoms with van der Waals surface area (Å²) in [5.74, 6) is 0. The third kappa shape index (κ3) is 3.55. The number of carbonyl (C=O) groups is 1. The molecule has 0 bridgehead atoms. The quantitative estimate of drug-likeness (QED) is 0.776. The molecule has 0 N–H and O–H groups in total. The van der Waals surface area contributed by atoms with Crippen LogP contribution in [0.2, 0.25) is 0 Å². The van der Waals surface area contributed by atoms with E-state index in [9.17, 15) is 13.6 Å². The van der Waals surface area contributed by atoms with Crippen molar-refractivity contribution in [2.45, 2.75) is 51.2 Å². The van der Waals surface area contributed by atoms with Crippen molar-refractivity contribution < 1.29 is 18.3 Å². The molecule has 0 atom stereocenters. The standard InChI is InChI=1S/C13H22F2N2O2/c1-12(2,3)19-11(18)17-7-6-16(8-10(14)15)9-13(17)4-5-13/h10H,4-9H2,1-3H3. The van der Waals surface area contributed by atoms with E-state index in [0.29, 0.717) is 19.6 Å². The van der Waals surface area contributed by atoms with Crippen LogP contribution in [0.25, 0.3) is 0 Å². The van der Waals surface area contributed by atoms with Crippen LogP contribution in [0, 0.1) is 0 Å². The molecule has 0 radical (unpaired) electrons. The summed E-state index contributed by atoms with van der Waals surface area (Å²) in [7, 11) is 0. The highest BCUT2D eigenvalue weighted by atomic mass is 19.3. The number of rotatable bonds is 2. The van der Waals surface area contributed by atoms with Gasteiger partial charge in [-0.15, -0.1) is 0 Å². The van der Waals surface area contributed by atoms with E-state index >= 15 is 0 Å². The fraction of sp³-hybridized carbons (Fsp3) is 0.923. The van der Waals surface area contributed by atoms with Gasteiger partial charge in [0.15, 0.2) is 0 Å². The molecule has 1 spiro atoms. The Balaban J connectivity index is 1.96. The summed E-state index contributed by atoms with van der Waals surface area (Å²) >= 11 is 0. The Labute approximate surface area is 112 Å². The summed E-state index contributed by atoms with van der Waals surface area (Å²) in [5, 5.41) is 0. The highest BCUT2D eigenvalue weighted by Gasteiger charge is 2.54. The van der Waals surface area contributed by atoms with E-state index in [4.69, 9.17) is 4.74 Å². The van der Waals surface area contributed by atoms with Gasteiger partial charge in [0, 0.05) is 19.6 Å². The number of carbonyl (C=O) groups excluding carboxylic acids is 1. The second kappa shape index (κ2) is 4.89. The van der Waals surface area contributed by atoms with Crippen molar-refractivity contribution in [3.8, 4) is 0 Å². The highest BCUT2D eigenvalue weighted by molar-refractivity contribution is 5.70. The van der Waals surface area contributed by atoms with Gasteiger partial charge in [0.2, 0.25) is 0 Å². The monoisotopic (exact) mass is 276 g/mol. The lowest BCUT2D eigenvalue weighted by Gasteiger charge is -2.42. The van der Waals surface area contributed by atoms with Crippen molar-refractivity contribution in [1.82, 2.24) is 9.80 Å². The van der Waals surface area contributed by atoms with Gasteiger partial charge < -0.3 is 4.74 Å². The van der Waals surface area contributed by atoms with Gasteiger partial charge >= 0.3 is 6.09 Å². The molecule has 1 aliphatic heterocycles. The topological polar surface area (TPSA) is 32.8 Å². The van der Waals surface area contributed by atoms with E-state index in [-0.39, 0.29) is 18.2 Å². The number of amides is 1. The van der Waals surface area contributed by atoms with Crippen molar-refractivity contribution in [3.63, 3.8) is 0 Å². The molecule has 0 aromatic carbocycles. The molecule has 6 heteroatoms. The number of ether oxygens (including phenoxy) is 1. The van der Waals surface area contributed by atoms with Gasteiger partial charge in [-0.1, -0.05) is 0 Å². The van der Waals surface area contributed by atoms with Gasteiger partial charge in [0.05, 0.1) is 12.1 Å². The molecule has 1 aliphatic carbocycles. The van der Waals surface area contributed by atoms with Crippen molar-refractivity contribution in [2.24, 2.45) is 0 Å². The molecule has 1 heterocycles. The van der Waals surface area contributed by atoms with Crippen LogP contribution in [0.5, 0.6) is 0 Å². The zero-order valence-corrected chi connectivity index (χ0v) is 11.8. The van der Waals surface area contributed by atoms with E-state index in [2.05, 4.69) is 0 Å². The summed E-state index contributed by atoms with van der Waals surface area (Å²) in [5.41, 5.74) is -0.775. The van der Waals surface area contributed by atoms with Gasteiger partial charge in [-0.05, 0) is 33.6 Å². The Bertz CT molecular complexity index is 351. The maximum absolute atomic E-state index is 12.4. The molecule has 1 saturated carbocycles. The molecule has 19 heavy (non-hydrogen) atoms. The van der Waals surface area contributed by atoms with Gasteiger partial charge in [-0.25, -0.2) is 13.6 Å². The summed E-state index contributed by atoms with van der Waals surface area (Å²) in [4.78, 5) is 15.6. The molecule has 2 fully saturated rings. The zero-order chi connectivity index (χ0) is 14.3. The van der Waals surface area contributed by atoms with Crippen LogP contribution in [-0.4, -0.2) is 59.6 Å². The molecule has 2 aliphatic rings. The van der Waals surface area contributed by atoms with Crippen molar-refractivity contribution in [2.75, 3.05) is 26.2 Å². The maximum Gasteiger partial charge on any atom is 0.410 e. The van der Waals surface area contributed by atoms with Crippen molar-refractivity contribution in [1.29, 1.82) is 0 Å².